The van der Waals surface area contributed by atoms with Crippen LogP contribution in [0.5, 0.6) is 0 Å². The van der Waals surface area contributed by atoms with Crippen LogP contribution >= 0.6 is 50.7 Å². The summed E-state index contributed by atoms with van der Waals surface area (Å²) in [6.45, 7) is 6.23. The van der Waals surface area contributed by atoms with Crippen LogP contribution in [0.1, 0.15) is 26.5 Å². The molecule has 0 N–H and O–H groups in total. The fourth-order valence-electron chi connectivity index (χ4n) is 1.61. The highest BCUT2D eigenvalue weighted by Gasteiger charge is 2.20. The zero-order valence-corrected chi connectivity index (χ0v) is 14.0. The van der Waals surface area contributed by atoms with E-state index in [1.807, 2.05) is 12.1 Å². The molecule has 0 fully saturated rings. The van der Waals surface area contributed by atoms with Gasteiger partial charge >= 0.3 is 0 Å². The van der Waals surface area contributed by atoms with Crippen molar-refractivity contribution in [3.8, 4) is 0 Å². The predicted molar refractivity (Wildman–Crippen MR) is 83.2 cm³/mol. The summed E-state index contributed by atoms with van der Waals surface area (Å²) in [6.07, 6.45) is 0. The summed E-state index contributed by atoms with van der Waals surface area (Å²) in [6, 6.07) is 3.71. The highest BCUT2D eigenvalue weighted by molar-refractivity contribution is 9.10. The first-order valence-corrected chi connectivity index (χ1v) is 7.28. The average molecular weight is 368 g/mol. The number of nitrogens with zero attached hydrogens (tertiary/aromatic N) is 1. The van der Waals surface area contributed by atoms with Crippen molar-refractivity contribution in [2.75, 3.05) is 0 Å². The van der Waals surface area contributed by atoms with Crippen molar-refractivity contribution in [3.63, 3.8) is 0 Å². The minimum atomic E-state index is -0.0965. The van der Waals surface area contributed by atoms with Gasteiger partial charge in [-0.25, -0.2) is 0 Å². The van der Waals surface area contributed by atoms with Gasteiger partial charge in [0, 0.05) is 21.0 Å². The summed E-state index contributed by atoms with van der Waals surface area (Å²) in [7, 11) is 0. The molecular weight excluding hydrogens is 356 g/mol. The Morgan fingerprint density at radius 3 is 2.22 bits per heavy atom. The normalized spacial score (nSPS) is 12.2. The largest absolute Gasteiger partial charge is 0.251 e. The van der Waals surface area contributed by atoms with Crippen molar-refractivity contribution in [1.29, 1.82) is 0 Å². The van der Waals surface area contributed by atoms with E-state index in [0.29, 0.717) is 25.1 Å². The lowest BCUT2D eigenvalue weighted by atomic mass is 9.91. The number of hydrogen-bond acceptors (Lipinski definition) is 1. The molecule has 0 aliphatic carbocycles. The molecule has 18 heavy (non-hydrogen) atoms. The van der Waals surface area contributed by atoms with E-state index >= 15 is 0 Å². The molecule has 0 radical (unpaired) electrons. The van der Waals surface area contributed by atoms with Gasteiger partial charge < -0.3 is 0 Å². The van der Waals surface area contributed by atoms with E-state index in [4.69, 9.17) is 34.8 Å². The number of hydrogen-bond donors (Lipinski definition) is 0. The minimum Gasteiger partial charge on any atom is -0.251 e. The fourth-order valence-corrected chi connectivity index (χ4v) is 2.79. The Kier molecular flexibility index (Phi) is 3.86. The van der Waals surface area contributed by atoms with Gasteiger partial charge in [0.2, 0.25) is 0 Å². The van der Waals surface area contributed by atoms with Gasteiger partial charge in [-0.15, -0.1) is 0 Å². The quantitative estimate of drug-likeness (QED) is 0.501. The van der Waals surface area contributed by atoms with Crippen LogP contribution in [-0.4, -0.2) is 4.98 Å². The molecule has 0 amide bonds. The fraction of sp³-hybridized carbons (Fsp3) is 0.308. The molecule has 0 saturated heterocycles. The van der Waals surface area contributed by atoms with E-state index in [0.717, 1.165) is 11.1 Å². The highest BCUT2D eigenvalue weighted by Crippen LogP contribution is 2.39. The van der Waals surface area contributed by atoms with Gasteiger partial charge in [-0.1, -0.05) is 55.6 Å². The maximum absolute atomic E-state index is 6.30. The van der Waals surface area contributed by atoms with E-state index in [1.54, 1.807) is 0 Å². The van der Waals surface area contributed by atoms with E-state index in [2.05, 4.69) is 41.7 Å². The Morgan fingerprint density at radius 1 is 1.06 bits per heavy atom. The van der Waals surface area contributed by atoms with Crippen LogP contribution in [0.4, 0.5) is 0 Å². The van der Waals surface area contributed by atoms with Crippen molar-refractivity contribution < 1.29 is 0 Å². The molecule has 0 aliphatic rings. The first kappa shape index (κ1) is 14.4. The number of halogens is 4. The number of rotatable bonds is 0. The third-order valence-corrected chi connectivity index (χ3v) is 4.68. The summed E-state index contributed by atoms with van der Waals surface area (Å²) in [4.78, 5) is 4.59. The zero-order chi connectivity index (χ0) is 13.7. The van der Waals surface area contributed by atoms with E-state index in [-0.39, 0.29) is 5.41 Å². The summed E-state index contributed by atoms with van der Waals surface area (Å²) in [5.74, 6) is 0. The lowest BCUT2D eigenvalue weighted by molar-refractivity contribution is 0.571. The third-order valence-electron chi connectivity index (χ3n) is 2.66. The summed E-state index contributed by atoms with van der Waals surface area (Å²) >= 11 is 22.0. The van der Waals surface area contributed by atoms with Crippen molar-refractivity contribution in [2.24, 2.45) is 0 Å². The minimum absolute atomic E-state index is 0.0965. The van der Waals surface area contributed by atoms with Gasteiger partial charge in [-0.3, -0.25) is 4.98 Å². The standard InChI is InChI=1S/C13H11BrCl3N/c1-13(2,3)9-5-8(15)6-4-7(14)10(16)11(17)12(6)18-9/h4-5H,1-3H3. The number of fused-ring (bicyclic) bond motifs is 1. The Hall–Kier alpha value is -0.0200. The lowest BCUT2D eigenvalue weighted by Gasteiger charge is -2.19. The number of benzene rings is 1. The monoisotopic (exact) mass is 365 g/mol. The molecule has 0 saturated carbocycles. The molecular formula is C13H11BrCl3N. The van der Waals surface area contributed by atoms with Gasteiger partial charge in [0.25, 0.3) is 0 Å². The second-order valence-electron chi connectivity index (χ2n) is 5.12. The Bertz CT molecular complexity index is 632. The summed E-state index contributed by atoms with van der Waals surface area (Å²) in [5.41, 5.74) is 1.43. The lowest BCUT2D eigenvalue weighted by Crippen LogP contribution is -2.13. The second kappa shape index (κ2) is 4.82. The van der Waals surface area contributed by atoms with E-state index in [1.165, 1.54) is 0 Å². The van der Waals surface area contributed by atoms with Crippen LogP contribution in [0.3, 0.4) is 0 Å². The van der Waals surface area contributed by atoms with Crippen LogP contribution in [0.2, 0.25) is 15.1 Å². The number of pyridine rings is 1. The second-order valence-corrected chi connectivity index (χ2v) is 7.14. The molecule has 1 aromatic carbocycles. The maximum Gasteiger partial charge on any atom is 0.0922 e. The van der Waals surface area contributed by atoms with E-state index in [9.17, 15) is 0 Å². The van der Waals surface area contributed by atoms with Crippen LogP contribution in [0.15, 0.2) is 16.6 Å². The topological polar surface area (TPSA) is 12.9 Å². The predicted octanol–water partition coefficient (Wildman–Crippen LogP) is 6.26. The van der Waals surface area contributed by atoms with Crippen molar-refractivity contribution >= 4 is 61.6 Å². The van der Waals surface area contributed by atoms with Crippen LogP contribution in [-0.2, 0) is 5.41 Å². The maximum atomic E-state index is 6.30. The van der Waals surface area contributed by atoms with Gasteiger partial charge in [0.1, 0.15) is 0 Å². The SMILES string of the molecule is CC(C)(C)c1cc(Cl)c2cc(Br)c(Cl)c(Cl)c2n1. The van der Waals surface area contributed by atoms with Crippen LogP contribution < -0.4 is 0 Å². The highest BCUT2D eigenvalue weighted by atomic mass is 79.9. The molecule has 2 rings (SSSR count). The molecule has 0 spiro atoms. The molecule has 96 valence electrons. The summed E-state index contributed by atoms with van der Waals surface area (Å²) < 4.78 is 0.717. The van der Waals surface area contributed by atoms with E-state index < -0.39 is 0 Å². The van der Waals surface area contributed by atoms with Crippen LogP contribution in [0.25, 0.3) is 10.9 Å². The van der Waals surface area contributed by atoms with Gasteiger partial charge in [0.05, 0.1) is 20.6 Å². The first-order chi connectivity index (χ1) is 8.21. The summed E-state index contributed by atoms with van der Waals surface area (Å²) in [5, 5.41) is 2.31. The van der Waals surface area contributed by atoms with Gasteiger partial charge in [0.15, 0.2) is 0 Å². The molecule has 0 unspecified atom stereocenters. The van der Waals surface area contributed by atoms with Crippen molar-refractivity contribution in [2.45, 2.75) is 26.2 Å². The number of aromatic nitrogens is 1. The molecule has 1 aromatic heterocycles. The smallest absolute Gasteiger partial charge is 0.0922 e. The zero-order valence-electron chi connectivity index (χ0n) is 10.1. The molecule has 2 aromatic rings. The van der Waals surface area contributed by atoms with Crippen molar-refractivity contribution in [1.82, 2.24) is 4.98 Å². The molecule has 1 heterocycles. The van der Waals surface area contributed by atoms with Crippen LogP contribution in [0, 0.1) is 0 Å². The third kappa shape index (κ3) is 2.49. The first-order valence-electron chi connectivity index (χ1n) is 5.36. The molecule has 0 atom stereocenters. The molecule has 1 nitrogen and oxygen atoms in total. The molecule has 5 heteroatoms. The Balaban J connectivity index is 2.88. The Labute approximate surface area is 130 Å². The average Bonchev–Trinajstić information content (AvgIpc) is 2.26. The Morgan fingerprint density at radius 2 is 1.67 bits per heavy atom. The molecule has 0 aliphatic heterocycles. The van der Waals surface area contributed by atoms with Gasteiger partial charge in [-0.05, 0) is 28.1 Å². The van der Waals surface area contributed by atoms with Gasteiger partial charge in [-0.2, -0.15) is 0 Å². The molecule has 0 bridgehead atoms. The van der Waals surface area contributed by atoms with Crippen molar-refractivity contribution in [3.05, 3.63) is 37.4 Å².